The molecule has 4 nitrogen and oxygen atoms in total. The first kappa shape index (κ1) is 24.3. The van der Waals surface area contributed by atoms with Gasteiger partial charge in [0.2, 0.25) is 4.38 Å². The van der Waals surface area contributed by atoms with Crippen molar-refractivity contribution in [2.24, 2.45) is 5.92 Å². The molecule has 1 atom stereocenters. The van der Waals surface area contributed by atoms with Crippen LogP contribution in [0.3, 0.4) is 0 Å². The average molecular weight is 511 g/mol. The number of thioether (sulfide) groups is 1. The number of carbonyl (C=O) groups is 1. The van der Waals surface area contributed by atoms with Gasteiger partial charge in [-0.2, -0.15) is 8.78 Å². The van der Waals surface area contributed by atoms with Crippen molar-refractivity contribution in [2.75, 3.05) is 12.9 Å². The highest BCUT2D eigenvalue weighted by molar-refractivity contribution is 9.10. The van der Waals surface area contributed by atoms with E-state index in [0.29, 0.717) is 25.7 Å². The second-order valence-electron chi connectivity index (χ2n) is 6.85. The van der Waals surface area contributed by atoms with Crippen molar-refractivity contribution >= 4 is 50.3 Å². The van der Waals surface area contributed by atoms with Crippen molar-refractivity contribution in [3.8, 4) is 5.75 Å². The number of hydrogen-bond acceptors (Lipinski definition) is 6. The fourth-order valence-corrected chi connectivity index (χ4v) is 4.02. The molecule has 1 fully saturated rings. The van der Waals surface area contributed by atoms with Crippen molar-refractivity contribution in [2.45, 2.75) is 57.7 Å². The molecule has 0 spiro atoms. The quantitative estimate of drug-likeness (QED) is 0.334. The molecule has 1 saturated carbocycles. The van der Waals surface area contributed by atoms with Crippen LogP contribution in [0, 0.1) is 12.8 Å². The lowest BCUT2D eigenvalue weighted by Gasteiger charge is -2.36. The summed E-state index contributed by atoms with van der Waals surface area (Å²) in [6, 6.07) is 5.72. The summed E-state index contributed by atoms with van der Waals surface area (Å²) in [7, 11) is 0. The molecule has 29 heavy (non-hydrogen) atoms. The second-order valence-corrected chi connectivity index (χ2v) is 9.12. The summed E-state index contributed by atoms with van der Waals surface area (Å²) < 4.78 is 46.5. The first-order valence-corrected chi connectivity index (χ1v) is 11.8. The van der Waals surface area contributed by atoms with E-state index in [-0.39, 0.29) is 17.1 Å². The van der Waals surface area contributed by atoms with Crippen LogP contribution in [-0.4, -0.2) is 41.3 Å². The van der Waals surface area contributed by atoms with E-state index in [0.717, 1.165) is 27.5 Å². The minimum atomic E-state index is -3.77. The molecule has 1 aromatic carbocycles. The zero-order valence-electron chi connectivity index (χ0n) is 16.6. The van der Waals surface area contributed by atoms with Crippen molar-refractivity contribution in [1.82, 2.24) is 0 Å². The normalized spacial score (nSPS) is 20.6. The molecular weight excluding hydrogens is 486 g/mol. The largest absolute Gasteiger partial charge is 0.490 e. The van der Waals surface area contributed by atoms with Gasteiger partial charge >= 0.3 is 11.9 Å². The molecule has 0 radical (unpaired) electrons. The minimum Gasteiger partial charge on any atom is -0.490 e. The van der Waals surface area contributed by atoms with Crippen LogP contribution in [0.15, 0.2) is 22.7 Å². The first-order chi connectivity index (χ1) is 13.7. The van der Waals surface area contributed by atoms with Crippen molar-refractivity contribution in [3.63, 3.8) is 0 Å². The van der Waals surface area contributed by atoms with E-state index in [1.165, 1.54) is 6.92 Å². The van der Waals surface area contributed by atoms with E-state index in [1.54, 1.807) is 6.26 Å². The highest BCUT2D eigenvalue weighted by Gasteiger charge is 2.54. The average Bonchev–Trinajstić information content (AvgIpc) is 2.70. The van der Waals surface area contributed by atoms with Crippen molar-refractivity contribution in [1.29, 1.82) is 0 Å². The lowest BCUT2D eigenvalue weighted by molar-refractivity contribution is -0.193. The molecule has 2 rings (SSSR count). The fraction of sp³-hybridized carbons (Fsp3) is 0.600. The molecule has 0 N–H and O–H groups in total. The number of alkyl halides is 2. The Morgan fingerprint density at radius 2 is 2.00 bits per heavy atom. The molecule has 1 aromatic rings. The fourth-order valence-electron chi connectivity index (χ4n) is 3.37. The Morgan fingerprint density at radius 1 is 1.34 bits per heavy atom. The van der Waals surface area contributed by atoms with E-state index in [4.69, 9.17) is 21.7 Å². The molecule has 0 aromatic heterocycles. The zero-order valence-corrected chi connectivity index (χ0v) is 19.8. The van der Waals surface area contributed by atoms with Crippen LogP contribution in [0.25, 0.3) is 0 Å². The SMILES string of the molecule is CCOC(=O)C(F)(F)C(OC(=S)SC)C1CCC(Oc2cccc(Br)c2C)CC1. The van der Waals surface area contributed by atoms with Crippen molar-refractivity contribution < 1.29 is 27.8 Å². The van der Waals surface area contributed by atoms with Gasteiger partial charge in [-0.25, -0.2) is 4.79 Å². The maximum absolute atomic E-state index is 14.8. The van der Waals surface area contributed by atoms with Crippen molar-refractivity contribution in [3.05, 3.63) is 28.2 Å². The molecule has 1 aliphatic carbocycles. The Labute approximate surface area is 188 Å². The summed E-state index contributed by atoms with van der Waals surface area (Å²) in [5.41, 5.74) is 0.995. The highest BCUT2D eigenvalue weighted by Crippen LogP contribution is 2.39. The standard InChI is InChI=1S/C20H25BrF2O4S2/c1-4-25-18(24)20(22,23)17(27-19(28)29-3)13-8-10-14(11-9-13)26-16-7-5-6-15(21)12(16)2/h5-7,13-14,17H,4,8-11H2,1-3H3. The van der Waals surface area contributed by atoms with Crippen LogP contribution < -0.4 is 4.74 Å². The van der Waals surface area contributed by atoms with Crippen LogP contribution in [0.1, 0.15) is 38.2 Å². The van der Waals surface area contributed by atoms with Gasteiger partial charge in [0, 0.05) is 16.0 Å². The van der Waals surface area contributed by atoms with E-state index in [9.17, 15) is 13.6 Å². The van der Waals surface area contributed by atoms with E-state index in [2.05, 4.69) is 20.7 Å². The Balaban J connectivity index is 2.07. The summed E-state index contributed by atoms with van der Waals surface area (Å²) in [5, 5.41) is 0. The molecule has 0 aliphatic heterocycles. The molecule has 1 unspecified atom stereocenters. The Morgan fingerprint density at radius 3 is 2.59 bits per heavy atom. The summed E-state index contributed by atoms with van der Waals surface area (Å²) >= 11 is 9.52. The van der Waals surface area contributed by atoms with Crippen LogP contribution in [-0.2, 0) is 14.3 Å². The monoisotopic (exact) mass is 510 g/mol. The molecule has 162 valence electrons. The zero-order chi connectivity index (χ0) is 21.6. The Bertz CT molecular complexity index is 724. The van der Waals surface area contributed by atoms with Gasteiger partial charge in [-0.15, -0.1) is 0 Å². The molecule has 1 aliphatic rings. The second kappa shape index (κ2) is 10.9. The molecule has 0 saturated heterocycles. The van der Waals surface area contributed by atoms with Crippen LogP contribution >= 0.6 is 39.9 Å². The smallest absolute Gasteiger partial charge is 0.381 e. The van der Waals surface area contributed by atoms with Gasteiger partial charge in [0.15, 0.2) is 6.10 Å². The number of ether oxygens (including phenoxy) is 3. The number of benzene rings is 1. The number of esters is 1. The maximum atomic E-state index is 14.8. The molecule has 9 heteroatoms. The highest BCUT2D eigenvalue weighted by atomic mass is 79.9. The lowest BCUT2D eigenvalue weighted by Crippen LogP contribution is -2.50. The Hall–Kier alpha value is -0.930. The lowest BCUT2D eigenvalue weighted by atomic mass is 9.81. The van der Waals surface area contributed by atoms with Gasteiger partial charge in [-0.3, -0.25) is 0 Å². The summed E-state index contributed by atoms with van der Waals surface area (Å²) in [6.07, 6.45) is 1.97. The molecule has 0 heterocycles. The third-order valence-corrected chi connectivity index (χ3v) is 6.84. The van der Waals surface area contributed by atoms with Gasteiger partial charge in [0.1, 0.15) is 5.75 Å². The van der Waals surface area contributed by atoms with Crippen LogP contribution in [0.4, 0.5) is 8.78 Å². The minimum absolute atomic E-state index is 0.0119. The molecule has 0 amide bonds. The number of hydrogen-bond donors (Lipinski definition) is 0. The maximum Gasteiger partial charge on any atom is 0.381 e. The summed E-state index contributed by atoms with van der Waals surface area (Å²) in [5.74, 6) is -5.09. The van der Waals surface area contributed by atoms with Gasteiger partial charge in [-0.1, -0.05) is 33.8 Å². The Kier molecular flexibility index (Phi) is 9.15. The number of thiocarbonyl (C=S) groups is 1. The summed E-state index contributed by atoms with van der Waals surface area (Å²) in [4.78, 5) is 11.9. The third-order valence-electron chi connectivity index (χ3n) is 4.95. The summed E-state index contributed by atoms with van der Waals surface area (Å²) in [6.45, 7) is 3.32. The van der Waals surface area contributed by atoms with Gasteiger partial charge in [0.25, 0.3) is 0 Å². The predicted molar refractivity (Wildman–Crippen MR) is 118 cm³/mol. The van der Waals surface area contributed by atoms with Gasteiger partial charge in [0.05, 0.1) is 12.7 Å². The predicted octanol–water partition coefficient (Wildman–Crippen LogP) is 5.93. The topological polar surface area (TPSA) is 44.8 Å². The van der Waals surface area contributed by atoms with Gasteiger partial charge < -0.3 is 14.2 Å². The first-order valence-electron chi connectivity index (χ1n) is 9.42. The van der Waals surface area contributed by atoms with Gasteiger partial charge in [-0.05, 0) is 70.1 Å². The third kappa shape index (κ3) is 6.28. The number of rotatable bonds is 7. The number of carbonyl (C=O) groups excluding carboxylic acids is 1. The van der Waals surface area contributed by atoms with E-state index < -0.39 is 23.9 Å². The molecule has 0 bridgehead atoms. The number of halogens is 3. The van der Waals surface area contributed by atoms with Crippen LogP contribution in [0.5, 0.6) is 5.75 Å². The molecular formula is C20H25BrF2O4S2. The van der Waals surface area contributed by atoms with E-state index in [1.807, 2.05) is 25.1 Å². The van der Waals surface area contributed by atoms with E-state index >= 15 is 0 Å². The van der Waals surface area contributed by atoms with Crippen LogP contribution in [0.2, 0.25) is 0 Å².